The molecule has 0 aromatic carbocycles. The van der Waals surface area contributed by atoms with Crippen LogP contribution in [0.5, 0.6) is 0 Å². The Morgan fingerprint density at radius 3 is 2.60 bits per heavy atom. The second-order valence-corrected chi connectivity index (χ2v) is 4.48. The number of carbonyl (C=O) groups excluding carboxylic acids is 2. The first-order chi connectivity index (χ1) is 9.47. The fourth-order valence-corrected chi connectivity index (χ4v) is 2.16. The molecule has 0 saturated heterocycles. The first-order valence-electron chi connectivity index (χ1n) is 6.36. The molecule has 0 aromatic rings. The molecule has 1 atom stereocenters. The van der Waals surface area contributed by atoms with Gasteiger partial charge in [-0.25, -0.2) is 9.59 Å². The number of ether oxygens (including phenoxy) is 2. The molecule has 0 amide bonds. The zero-order chi connectivity index (χ0) is 15.1. The van der Waals surface area contributed by atoms with Gasteiger partial charge in [0.05, 0.1) is 11.5 Å². The highest BCUT2D eigenvalue weighted by Gasteiger charge is 2.32. The van der Waals surface area contributed by atoms with Crippen LogP contribution in [0.3, 0.4) is 0 Å². The van der Waals surface area contributed by atoms with E-state index in [9.17, 15) is 14.4 Å². The van der Waals surface area contributed by atoms with Gasteiger partial charge in [0.1, 0.15) is 13.2 Å². The molecule has 1 aliphatic rings. The van der Waals surface area contributed by atoms with Crippen LogP contribution in [0.1, 0.15) is 26.2 Å². The van der Waals surface area contributed by atoms with E-state index in [0.29, 0.717) is 18.4 Å². The maximum atomic E-state index is 11.9. The zero-order valence-electron chi connectivity index (χ0n) is 11.4. The summed E-state index contributed by atoms with van der Waals surface area (Å²) in [6.45, 7) is 4.78. The number of aliphatic carboxylic acids is 1. The van der Waals surface area contributed by atoms with Crippen LogP contribution in [0.25, 0.3) is 0 Å². The van der Waals surface area contributed by atoms with Crippen molar-refractivity contribution >= 4 is 17.9 Å². The number of carbonyl (C=O) groups is 3. The summed E-state index contributed by atoms with van der Waals surface area (Å²) in [5.74, 6) is -3.00. The molecule has 1 unspecified atom stereocenters. The Balaban J connectivity index is 2.54. The molecule has 0 fully saturated rings. The van der Waals surface area contributed by atoms with Crippen molar-refractivity contribution in [3.63, 3.8) is 0 Å². The maximum Gasteiger partial charge on any atom is 0.332 e. The summed E-state index contributed by atoms with van der Waals surface area (Å²) in [5, 5.41) is 9.16. The average molecular weight is 282 g/mol. The number of rotatable bonds is 6. The largest absolute Gasteiger partial charge is 0.478 e. The van der Waals surface area contributed by atoms with E-state index in [1.54, 1.807) is 6.92 Å². The van der Waals surface area contributed by atoms with Gasteiger partial charge in [-0.1, -0.05) is 12.2 Å². The van der Waals surface area contributed by atoms with Gasteiger partial charge in [0.25, 0.3) is 0 Å². The van der Waals surface area contributed by atoms with E-state index >= 15 is 0 Å². The second-order valence-electron chi connectivity index (χ2n) is 4.48. The van der Waals surface area contributed by atoms with Crippen LogP contribution in [0.4, 0.5) is 0 Å². The summed E-state index contributed by atoms with van der Waals surface area (Å²) in [5.41, 5.74) is 0.841. The smallest absolute Gasteiger partial charge is 0.332 e. The molecule has 0 aromatic heterocycles. The highest BCUT2D eigenvalue weighted by atomic mass is 16.6. The quantitative estimate of drug-likeness (QED) is 0.450. The van der Waals surface area contributed by atoms with E-state index in [-0.39, 0.29) is 18.8 Å². The Morgan fingerprint density at radius 2 is 2.00 bits per heavy atom. The Morgan fingerprint density at radius 1 is 1.35 bits per heavy atom. The van der Waals surface area contributed by atoms with Crippen molar-refractivity contribution in [3.05, 3.63) is 23.8 Å². The van der Waals surface area contributed by atoms with Crippen LogP contribution < -0.4 is 0 Å². The van der Waals surface area contributed by atoms with Gasteiger partial charge in [0.15, 0.2) is 0 Å². The molecule has 0 radical (unpaired) electrons. The van der Waals surface area contributed by atoms with Crippen LogP contribution in [-0.2, 0) is 23.9 Å². The van der Waals surface area contributed by atoms with Gasteiger partial charge < -0.3 is 14.6 Å². The third kappa shape index (κ3) is 4.22. The number of allylic oxidation sites excluding steroid dienone is 1. The second kappa shape index (κ2) is 7.47. The molecule has 0 heterocycles. The summed E-state index contributed by atoms with van der Waals surface area (Å²) in [6.07, 6.45) is 2.91. The van der Waals surface area contributed by atoms with Crippen LogP contribution in [0.2, 0.25) is 0 Å². The number of esters is 2. The van der Waals surface area contributed by atoms with Crippen LogP contribution in [-0.4, -0.2) is 36.2 Å². The number of carboxylic acid groups (broad SMARTS) is 1. The van der Waals surface area contributed by atoms with Gasteiger partial charge in [-0.15, -0.1) is 0 Å². The Kier molecular flexibility index (Phi) is 5.96. The first kappa shape index (κ1) is 15.9. The first-order valence-corrected chi connectivity index (χ1v) is 6.36. The lowest BCUT2D eigenvalue weighted by Gasteiger charge is -2.23. The van der Waals surface area contributed by atoms with Crippen LogP contribution >= 0.6 is 0 Å². The van der Waals surface area contributed by atoms with Crippen molar-refractivity contribution in [3.8, 4) is 0 Å². The number of hydrogen-bond donors (Lipinski definition) is 1. The Bertz CT molecular complexity index is 449. The predicted octanol–water partition coefficient (Wildman–Crippen LogP) is 1.46. The van der Waals surface area contributed by atoms with Crippen molar-refractivity contribution in [2.24, 2.45) is 5.92 Å². The van der Waals surface area contributed by atoms with Gasteiger partial charge in [-0.05, 0) is 26.2 Å². The topological polar surface area (TPSA) is 89.9 Å². The van der Waals surface area contributed by atoms with Gasteiger partial charge in [0.2, 0.25) is 0 Å². The van der Waals surface area contributed by atoms with E-state index in [1.165, 1.54) is 0 Å². The third-order valence-corrected chi connectivity index (χ3v) is 3.11. The van der Waals surface area contributed by atoms with E-state index in [1.807, 2.05) is 0 Å². The Labute approximate surface area is 117 Å². The molecule has 20 heavy (non-hydrogen) atoms. The molecule has 0 bridgehead atoms. The van der Waals surface area contributed by atoms with E-state index in [2.05, 4.69) is 11.3 Å². The standard InChI is InChI=1S/C14H18O6/c1-3-11(15)19-7-8-20-14(18)10-6-4-5-9(2)12(10)13(16)17/h3,10H,1,4-8H2,2H3,(H,16,17). The monoisotopic (exact) mass is 282 g/mol. The third-order valence-electron chi connectivity index (χ3n) is 3.11. The predicted molar refractivity (Wildman–Crippen MR) is 69.8 cm³/mol. The molecule has 6 nitrogen and oxygen atoms in total. The van der Waals surface area contributed by atoms with Gasteiger partial charge in [0, 0.05) is 6.08 Å². The highest BCUT2D eigenvalue weighted by molar-refractivity contribution is 5.95. The molecule has 0 saturated carbocycles. The van der Waals surface area contributed by atoms with Crippen molar-refractivity contribution in [1.82, 2.24) is 0 Å². The summed E-state index contributed by atoms with van der Waals surface area (Å²) in [4.78, 5) is 33.9. The summed E-state index contributed by atoms with van der Waals surface area (Å²) in [7, 11) is 0. The van der Waals surface area contributed by atoms with Gasteiger partial charge in [-0.3, -0.25) is 4.79 Å². The SMILES string of the molecule is C=CC(=O)OCCOC(=O)C1CCCC(C)=C1C(=O)O. The lowest BCUT2D eigenvalue weighted by molar-refractivity contribution is -0.153. The van der Waals surface area contributed by atoms with Crippen LogP contribution in [0, 0.1) is 5.92 Å². The molecule has 1 aliphatic carbocycles. The molecule has 6 heteroatoms. The van der Waals surface area contributed by atoms with Crippen molar-refractivity contribution in [2.45, 2.75) is 26.2 Å². The lowest BCUT2D eigenvalue weighted by Crippen LogP contribution is -2.28. The fourth-order valence-electron chi connectivity index (χ4n) is 2.16. The number of hydrogen-bond acceptors (Lipinski definition) is 5. The summed E-state index contributed by atoms with van der Waals surface area (Å²) < 4.78 is 9.62. The van der Waals surface area contributed by atoms with Crippen molar-refractivity contribution in [2.75, 3.05) is 13.2 Å². The summed E-state index contributed by atoms with van der Waals surface area (Å²) >= 11 is 0. The average Bonchev–Trinajstić information content (AvgIpc) is 2.42. The summed E-state index contributed by atoms with van der Waals surface area (Å²) in [6, 6.07) is 0. The molecule has 1 N–H and O–H groups in total. The molecule has 0 aliphatic heterocycles. The van der Waals surface area contributed by atoms with Crippen LogP contribution in [0.15, 0.2) is 23.8 Å². The lowest BCUT2D eigenvalue weighted by atomic mass is 9.83. The van der Waals surface area contributed by atoms with Gasteiger partial charge in [-0.2, -0.15) is 0 Å². The number of carboxylic acids is 1. The molecule has 0 spiro atoms. The molecular formula is C14H18O6. The normalized spacial score (nSPS) is 18.4. The van der Waals surface area contributed by atoms with Gasteiger partial charge >= 0.3 is 17.9 Å². The fraction of sp³-hybridized carbons (Fsp3) is 0.500. The van der Waals surface area contributed by atoms with E-state index in [0.717, 1.165) is 12.5 Å². The maximum absolute atomic E-state index is 11.9. The molecule has 1 rings (SSSR count). The highest BCUT2D eigenvalue weighted by Crippen LogP contribution is 2.31. The molecular weight excluding hydrogens is 264 g/mol. The van der Waals surface area contributed by atoms with Crippen molar-refractivity contribution in [1.29, 1.82) is 0 Å². The minimum atomic E-state index is -1.08. The van der Waals surface area contributed by atoms with E-state index in [4.69, 9.17) is 9.84 Å². The Hall–Kier alpha value is -2.11. The molecule has 110 valence electrons. The van der Waals surface area contributed by atoms with Crippen molar-refractivity contribution < 1.29 is 29.0 Å². The van der Waals surface area contributed by atoms with E-state index < -0.39 is 23.8 Å². The zero-order valence-corrected chi connectivity index (χ0v) is 11.4. The minimum Gasteiger partial charge on any atom is -0.478 e. The minimum absolute atomic E-state index is 0.0750.